The zero-order valence-corrected chi connectivity index (χ0v) is 10.7. The maximum absolute atomic E-state index is 13.2. The Bertz CT molecular complexity index is 445. The second-order valence-electron chi connectivity index (χ2n) is 4.93. The van der Waals surface area contributed by atoms with Crippen LogP contribution in [0.3, 0.4) is 0 Å². The summed E-state index contributed by atoms with van der Waals surface area (Å²) in [6.07, 6.45) is 1.13. The number of ketones is 1. The van der Waals surface area contributed by atoms with Gasteiger partial charge in [-0.25, -0.2) is 8.78 Å². The van der Waals surface area contributed by atoms with E-state index < -0.39 is 5.92 Å². The highest BCUT2D eigenvalue weighted by molar-refractivity contribution is 6.33. The summed E-state index contributed by atoms with van der Waals surface area (Å²) in [7, 11) is 0. The van der Waals surface area contributed by atoms with Crippen LogP contribution in [0.2, 0.25) is 5.02 Å². The van der Waals surface area contributed by atoms with E-state index in [9.17, 15) is 13.6 Å². The number of Topliss-reactive ketones (excluding diaryl/α,β-unsaturated/α-hetero) is 1. The first-order valence-electron chi connectivity index (χ1n) is 6.13. The highest BCUT2D eigenvalue weighted by atomic mass is 35.5. The Hall–Kier alpha value is -0.960. The van der Waals surface area contributed by atoms with Gasteiger partial charge in [-0.05, 0) is 30.9 Å². The molecule has 1 aliphatic carbocycles. The molecule has 1 fully saturated rings. The maximum Gasteiger partial charge on any atom is 0.248 e. The lowest BCUT2D eigenvalue weighted by molar-refractivity contribution is -0.0521. The number of halogens is 3. The van der Waals surface area contributed by atoms with Gasteiger partial charge in [-0.15, -0.1) is 0 Å². The standard InChI is InChI=1S/C14H15ClF2O/c15-12-6-2-1-5-11(12)13(18)8-10-4-3-7-14(16,17)9-10/h1-2,5-6,10H,3-4,7-9H2. The summed E-state index contributed by atoms with van der Waals surface area (Å²) < 4.78 is 26.5. The number of hydrogen-bond donors (Lipinski definition) is 0. The Morgan fingerprint density at radius 2 is 2.11 bits per heavy atom. The first-order chi connectivity index (χ1) is 8.48. The molecule has 1 unspecified atom stereocenters. The third-order valence-electron chi connectivity index (χ3n) is 3.39. The number of carbonyl (C=O) groups is 1. The number of benzene rings is 1. The normalized spacial score (nSPS) is 22.7. The van der Waals surface area contributed by atoms with E-state index in [1.807, 2.05) is 0 Å². The van der Waals surface area contributed by atoms with Crippen molar-refractivity contribution in [2.24, 2.45) is 5.92 Å². The van der Waals surface area contributed by atoms with E-state index >= 15 is 0 Å². The predicted octanol–water partition coefficient (Wildman–Crippen LogP) is 4.74. The lowest BCUT2D eigenvalue weighted by atomic mass is 9.82. The molecule has 0 bridgehead atoms. The van der Waals surface area contributed by atoms with E-state index in [4.69, 9.17) is 11.6 Å². The van der Waals surface area contributed by atoms with Gasteiger partial charge in [0.1, 0.15) is 0 Å². The summed E-state index contributed by atoms with van der Waals surface area (Å²) in [5, 5.41) is 0.394. The van der Waals surface area contributed by atoms with Crippen LogP contribution < -0.4 is 0 Å². The van der Waals surface area contributed by atoms with Crippen LogP contribution >= 0.6 is 11.6 Å². The molecule has 1 saturated carbocycles. The average Bonchev–Trinajstić information content (AvgIpc) is 2.28. The second-order valence-corrected chi connectivity index (χ2v) is 5.33. The molecule has 1 aromatic carbocycles. The van der Waals surface area contributed by atoms with Crippen molar-refractivity contribution in [2.75, 3.05) is 0 Å². The van der Waals surface area contributed by atoms with E-state index in [0.29, 0.717) is 23.4 Å². The molecule has 98 valence electrons. The van der Waals surface area contributed by atoms with E-state index in [1.165, 1.54) is 0 Å². The molecule has 1 atom stereocenters. The summed E-state index contributed by atoms with van der Waals surface area (Å²) in [6, 6.07) is 6.76. The van der Waals surface area contributed by atoms with Gasteiger partial charge in [-0.1, -0.05) is 23.7 Å². The van der Waals surface area contributed by atoms with Crippen molar-refractivity contribution >= 4 is 17.4 Å². The highest BCUT2D eigenvalue weighted by Crippen LogP contribution is 2.38. The molecule has 0 saturated heterocycles. The fraction of sp³-hybridized carbons (Fsp3) is 0.500. The Balaban J connectivity index is 2.02. The Morgan fingerprint density at radius 1 is 1.39 bits per heavy atom. The topological polar surface area (TPSA) is 17.1 Å². The molecular weight excluding hydrogens is 258 g/mol. The number of carbonyl (C=O) groups excluding carboxylic acids is 1. The average molecular weight is 273 g/mol. The maximum atomic E-state index is 13.2. The lowest BCUT2D eigenvalue weighted by Crippen LogP contribution is -2.27. The predicted molar refractivity (Wildman–Crippen MR) is 67.3 cm³/mol. The third-order valence-corrected chi connectivity index (χ3v) is 3.72. The number of alkyl halides is 2. The molecule has 18 heavy (non-hydrogen) atoms. The van der Waals surface area contributed by atoms with Crippen LogP contribution in [0.5, 0.6) is 0 Å². The van der Waals surface area contributed by atoms with Crippen molar-refractivity contribution < 1.29 is 13.6 Å². The smallest absolute Gasteiger partial charge is 0.248 e. The summed E-state index contributed by atoms with van der Waals surface area (Å²) in [5.74, 6) is -2.97. The van der Waals surface area contributed by atoms with Gasteiger partial charge in [0.25, 0.3) is 0 Å². The first-order valence-corrected chi connectivity index (χ1v) is 6.51. The minimum absolute atomic E-state index is 0.0518. The number of rotatable bonds is 3. The second kappa shape index (κ2) is 5.35. The van der Waals surface area contributed by atoms with Gasteiger partial charge >= 0.3 is 0 Å². The fourth-order valence-corrected chi connectivity index (χ4v) is 2.75. The third kappa shape index (κ3) is 3.29. The molecule has 0 spiro atoms. The SMILES string of the molecule is O=C(CC1CCCC(F)(F)C1)c1ccccc1Cl. The summed E-state index contributed by atoms with van der Waals surface area (Å²) in [4.78, 5) is 12.0. The lowest BCUT2D eigenvalue weighted by Gasteiger charge is -2.28. The van der Waals surface area contributed by atoms with Crippen molar-refractivity contribution in [2.45, 2.75) is 38.0 Å². The van der Waals surface area contributed by atoms with Crippen LogP contribution in [-0.2, 0) is 0 Å². The van der Waals surface area contributed by atoms with Gasteiger partial charge < -0.3 is 0 Å². The quantitative estimate of drug-likeness (QED) is 0.727. The van der Waals surface area contributed by atoms with E-state index in [1.54, 1.807) is 24.3 Å². The van der Waals surface area contributed by atoms with Gasteiger partial charge in [-0.3, -0.25) is 4.79 Å². The molecule has 0 radical (unpaired) electrons. The number of hydrogen-bond acceptors (Lipinski definition) is 1. The largest absolute Gasteiger partial charge is 0.294 e. The van der Waals surface area contributed by atoms with Crippen molar-refractivity contribution in [1.82, 2.24) is 0 Å². The molecule has 2 rings (SSSR count). The van der Waals surface area contributed by atoms with Gasteiger partial charge in [0.05, 0.1) is 5.02 Å². The molecule has 0 aromatic heterocycles. The molecule has 0 amide bonds. The van der Waals surface area contributed by atoms with Crippen molar-refractivity contribution in [3.8, 4) is 0 Å². The first kappa shape index (κ1) is 13.5. The molecular formula is C14H15ClF2O. The van der Waals surface area contributed by atoms with E-state index in [-0.39, 0.29) is 31.0 Å². The van der Waals surface area contributed by atoms with Crippen LogP contribution in [0.4, 0.5) is 8.78 Å². The van der Waals surface area contributed by atoms with Gasteiger partial charge in [-0.2, -0.15) is 0 Å². The highest BCUT2D eigenvalue weighted by Gasteiger charge is 2.36. The molecule has 0 heterocycles. The van der Waals surface area contributed by atoms with Gasteiger partial charge in [0.2, 0.25) is 5.92 Å². The van der Waals surface area contributed by atoms with Crippen molar-refractivity contribution in [1.29, 1.82) is 0 Å². The molecule has 1 aromatic rings. The minimum Gasteiger partial charge on any atom is -0.294 e. The molecule has 1 aliphatic rings. The van der Waals surface area contributed by atoms with Crippen LogP contribution in [0.1, 0.15) is 42.5 Å². The van der Waals surface area contributed by atoms with Crippen LogP contribution in [0, 0.1) is 5.92 Å². The zero-order valence-electron chi connectivity index (χ0n) is 9.96. The monoisotopic (exact) mass is 272 g/mol. The van der Waals surface area contributed by atoms with Crippen LogP contribution in [0.15, 0.2) is 24.3 Å². The van der Waals surface area contributed by atoms with Crippen LogP contribution in [-0.4, -0.2) is 11.7 Å². The molecule has 0 aliphatic heterocycles. The van der Waals surface area contributed by atoms with E-state index in [0.717, 1.165) is 0 Å². The van der Waals surface area contributed by atoms with Crippen molar-refractivity contribution in [3.05, 3.63) is 34.9 Å². The Kier molecular flexibility index (Phi) is 4.00. The summed E-state index contributed by atoms with van der Waals surface area (Å²) >= 11 is 5.92. The molecule has 0 N–H and O–H groups in total. The Labute approximate surface area is 110 Å². The molecule has 1 nitrogen and oxygen atoms in total. The van der Waals surface area contributed by atoms with Gasteiger partial charge in [0, 0.05) is 24.8 Å². The van der Waals surface area contributed by atoms with E-state index in [2.05, 4.69) is 0 Å². The Morgan fingerprint density at radius 3 is 2.78 bits per heavy atom. The minimum atomic E-state index is -2.61. The van der Waals surface area contributed by atoms with Crippen LogP contribution in [0.25, 0.3) is 0 Å². The molecule has 4 heteroatoms. The summed E-state index contributed by atoms with van der Waals surface area (Å²) in [5.41, 5.74) is 0.438. The fourth-order valence-electron chi connectivity index (χ4n) is 2.51. The van der Waals surface area contributed by atoms with Gasteiger partial charge in [0.15, 0.2) is 5.78 Å². The zero-order chi connectivity index (χ0) is 13.2. The van der Waals surface area contributed by atoms with Crippen molar-refractivity contribution in [3.63, 3.8) is 0 Å². The summed E-state index contributed by atoms with van der Waals surface area (Å²) in [6.45, 7) is 0.